The normalized spacial score (nSPS) is 22.4. The zero-order valence-corrected chi connectivity index (χ0v) is 41.7. The second-order valence-electron chi connectivity index (χ2n) is 20.0. The van der Waals surface area contributed by atoms with Gasteiger partial charge in [-0.25, -0.2) is 9.78 Å². The summed E-state index contributed by atoms with van der Waals surface area (Å²) in [6.07, 6.45) is 12.1. The van der Waals surface area contributed by atoms with Gasteiger partial charge in [0, 0.05) is 73.0 Å². The summed E-state index contributed by atoms with van der Waals surface area (Å²) in [6, 6.07) is 25.9. The second-order valence-corrected chi connectivity index (χ2v) is 20.8. The van der Waals surface area contributed by atoms with E-state index >= 15 is 0 Å². The Bertz CT molecular complexity index is 2630. The molecular formula is C56H65Cl2N5O6. The van der Waals surface area contributed by atoms with Gasteiger partial charge in [0.2, 0.25) is 5.91 Å². The van der Waals surface area contributed by atoms with Crippen LogP contribution in [0.2, 0.25) is 10.0 Å². The van der Waals surface area contributed by atoms with Crippen LogP contribution >= 0.6 is 23.2 Å². The molecule has 3 aliphatic carbocycles. The molecule has 1 saturated heterocycles. The van der Waals surface area contributed by atoms with E-state index in [0.29, 0.717) is 99.1 Å². The van der Waals surface area contributed by atoms with Crippen molar-refractivity contribution < 1.29 is 28.9 Å². The number of morpholine rings is 1. The lowest BCUT2D eigenvalue weighted by Gasteiger charge is -2.47. The van der Waals surface area contributed by atoms with Crippen LogP contribution in [-0.2, 0) is 39.1 Å². The van der Waals surface area contributed by atoms with Crippen LogP contribution in [0.1, 0.15) is 106 Å². The van der Waals surface area contributed by atoms with Gasteiger partial charge in [0.1, 0.15) is 22.9 Å². The molecule has 364 valence electrons. The molecule has 0 bridgehead atoms. The van der Waals surface area contributed by atoms with Gasteiger partial charge in [-0.3, -0.25) is 9.78 Å². The number of aromatic nitrogens is 2. The highest BCUT2D eigenvalue weighted by molar-refractivity contribution is 6.35. The second kappa shape index (κ2) is 21.3. The first-order chi connectivity index (χ1) is 33.4. The zero-order valence-electron chi connectivity index (χ0n) is 40.2. The van der Waals surface area contributed by atoms with Crippen molar-refractivity contribution in [3.63, 3.8) is 0 Å². The van der Waals surface area contributed by atoms with Crippen LogP contribution in [0, 0.1) is 11.8 Å². The number of pyridine rings is 2. The van der Waals surface area contributed by atoms with Crippen molar-refractivity contribution in [2.75, 3.05) is 56.8 Å². The van der Waals surface area contributed by atoms with Crippen LogP contribution in [-0.4, -0.2) is 84.0 Å². The van der Waals surface area contributed by atoms with Crippen molar-refractivity contribution in [3.8, 4) is 22.6 Å². The molecule has 0 unspecified atom stereocenters. The number of hydrogen-bond donors (Lipinski definition) is 2. The Morgan fingerprint density at radius 1 is 0.971 bits per heavy atom. The standard InChI is InChI=1S/C56H65Cl2N5O6/c1-37(36-69-49-18-24-59-48-13-4-8-38(2)51(48)49)30-42-32-41-15-16-45(34-47(41)55(42)19-21-56(22-20-55,54(65)66)61-44-12-6-11-43(57)33-44)68-27-7-14-50(64)62(3)35-39-9-5-10-40(31-39)46-17-23-60-53(52(46)58)63-25-28-67-29-26-63/h5-6,9-12,15-18,23-24,31,33-34,37-38,42,61H,4,7-8,13-14,19-22,25-30,32,35-36H2,1-3H3,(H,65,66)/t37-,38-,42+,55?,56?/m1/s1. The first-order valence-electron chi connectivity index (χ1n) is 24.9. The van der Waals surface area contributed by atoms with Crippen molar-refractivity contribution in [2.24, 2.45) is 11.8 Å². The van der Waals surface area contributed by atoms with Gasteiger partial charge in [0.25, 0.3) is 0 Å². The van der Waals surface area contributed by atoms with E-state index in [1.54, 1.807) is 23.2 Å². The average molecular weight is 975 g/mol. The number of hydrogen-bond acceptors (Lipinski definition) is 9. The average Bonchev–Trinajstić information content (AvgIpc) is 3.63. The van der Waals surface area contributed by atoms with Crippen LogP contribution in [0.15, 0.2) is 91.3 Å². The SMILES string of the molecule is C[C@@H](COc1ccnc2c1[C@H](C)CCC2)C[C@H]1Cc2ccc(OCCCC(=O)N(C)Cc3cccc(-c4ccnc(N5CCOCC5)c4Cl)c3)cc2C12CCC(Nc1cccc(Cl)c1)(C(=O)O)CC2. The molecule has 9 rings (SSSR count). The number of halogens is 2. The van der Waals surface area contributed by atoms with Crippen LogP contribution in [0.25, 0.3) is 11.1 Å². The van der Waals surface area contributed by atoms with E-state index in [-0.39, 0.29) is 17.2 Å². The predicted octanol–water partition coefficient (Wildman–Crippen LogP) is 11.6. The number of nitrogens with zero attached hydrogens (tertiary/aromatic N) is 4. The molecule has 1 amide bonds. The third kappa shape index (κ3) is 10.7. The number of benzene rings is 3. The van der Waals surface area contributed by atoms with Crippen molar-refractivity contribution in [1.29, 1.82) is 0 Å². The van der Waals surface area contributed by atoms with E-state index in [9.17, 15) is 14.7 Å². The van der Waals surface area contributed by atoms with Crippen LogP contribution in [0.5, 0.6) is 11.5 Å². The van der Waals surface area contributed by atoms with Gasteiger partial charge in [-0.05, 0) is 158 Å². The van der Waals surface area contributed by atoms with Gasteiger partial charge >= 0.3 is 5.97 Å². The summed E-state index contributed by atoms with van der Waals surface area (Å²) in [4.78, 5) is 39.8. The molecule has 3 heterocycles. The fraction of sp³-hybridized carbons (Fsp3) is 0.464. The molecule has 0 radical (unpaired) electrons. The van der Waals surface area contributed by atoms with E-state index in [4.69, 9.17) is 42.4 Å². The number of carboxylic acids is 1. The highest BCUT2D eigenvalue weighted by Crippen LogP contribution is 2.57. The lowest BCUT2D eigenvalue weighted by atomic mass is 9.59. The first-order valence-corrected chi connectivity index (χ1v) is 25.6. The number of carboxylic acid groups (broad SMARTS) is 1. The number of rotatable bonds is 17. The van der Waals surface area contributed by atoms with Crippen molar-refractivity contribution in [1.82, 2.24) is 14.9 Å². The number of fused-ring (bicyclic) bond motifs is 3. The van der Waals surface area contributed by atoms with Crippen LogP contribution in [0.4, 0.5) is 11.5 Å². The number of amides is 1. The molecule has 1 saturated carbocycles. The molecule has 4 aliphatic rings. The molecule has 3 aromatic carbocycles. The highest BCUT2D eigenvalue weighted by atomic mass is 35.5. The topological polar surface area (TPSA) is 126 Å². The summed E-state index contributed by atoms with van der Waals surface area (Å²) in [6.45, 7) is 8.81. The van der Waals surface area contributed by atoms with E-state index < -0.39 is 11.5 Å². The minimum absolute atomic E-state index is 0.0447. The van der Waals surface area contributed by atoms with Crippen LogP contribution < -0.4 is 19.7 Å². The van der Waals surface area contributed by atoms with E-state index in [2.05, 4.69) is 53.3 Å². The minimum Gasteiger partial charge on any atom is -0.494 e. The molecule has 3 atom stereocenters. The molecule has 2 fully saturated rings. The van der Waals surface area contributed by atoms with E-state index in [0.717, 1.165) is 79.2 Å². The van der Waals surface area contributed by atoms with Gasteiger partial charge in [0.05, 0.1) is 31.5 Å². The summed E-state index contributed by atoms with van der Waals surface area (Å²) in [5.74, 6) is 2.70. The molecule has 13 heteroatoms. The zero-order chi connectivity index (χ0) is 48.1. The summed E-state index contributed by atoms with van der Waals surface area (Å²) in [5.41, 5.74) is 7.26. The molecule has 11 nitrogen and oxygen atoms in total. The quantitative estimate of drug-likeness (QED) is 0.0870. The number of aliphatic carboxylic acids is 1. The number of carbonyl (C=O) groups is 2. The van der Waals surface area contributed by atoms with Gasteiger partial charge in [0.15, 0.2) is 0 Å². The number of nitrogens with one attached hydrogen (secondary N) is 1. The monoisotopic (exact) mass is 973 g/mol. The van der Waals surface area contributed by atoms with Gasteiger partial charge in [-0.2, -0.15) is 0 Å². The summed E-state index contributed by atoms with van der Waals surface area (Å²) < 4.78 is 18.6. The van der Waals surface area contributed by atoms with Gasteiger partial charge in [-0.1, -0.05) is 67.4 Å². The summed E-state index contributed by atoms with van der Waals surface area (Å²) >= 11 is 13.3. The molecule has 1 spiro atoms. The number of anilines is 2. The molecular weight excluding hydrogens is 910 g/mol. The van der Waals surface area contributed by atoms with Gasteiger partial charge in [-0.15, -0.1) is 0 Å². The molecule has 5 aromatic rings. The summed E-state index contributed by atoms with van der Waals surface area (Å²) in [7, 11) is 1.84. The van der Waals surface area contributed by atoms with Gasteiger partial charge < -0.3 is 34.4 Å². The maximum absolute atomic E-state index is 13.5. The van der Waals surface area contributed by atoms with Crippen molar-refractivity contribution in [2.45, 2.75) is 108 Å². The number of carbonyl (C=O) groups excluding carboxylic acids is 1. The Hall–Kier alpha value is -5.36. The fourth-order valence-electron chi connectivity index (χ4n) is 11.6. The maximum Gasteiger partial charge on any atom is 0.329 e. The molecule has 2 aromatic heterocycles. The van der Waals surface area contributed by atoms with E-state index in [1.807, 2.05) is 55.7 Å². The first kappa shape index (κ1) is 48.7. The third-order valence-electron chi connectivity index (χ3n) is 15.3. The highest BCUT2D eigenvalue weighted by Gasteiger charge is 2.54. The fourth-order valence-corrected chi connectivity index (χ4v) is 12.2. The van der Waals surface area contributed by atoms with E-state index in [1.165, 1.54) is 22.4 Å². The largest absolute Gasteiger partial charge is 0.494 e. The summed E-state index contributed by atoms with van der Waals surface area (Å²) in [5, 5.41) is 15.4. The number of ether oxygens (including phenoxy) is 3. The lowest BCUT2D eigenvalue weighted by Crippen LogP contribution is -2.53. The Labute approximate surface area is 416 Å². The lowest BCUT2D eigenvalue weighted by molar-refractivity contribution is -0.144. The maximum atomic E-state index is 13.5. The van der Waals surface area contributed by atoms with Crippen molar-refractivity contribution in [3.05, 3.63) is 129 Å². The van der Waals surface area contributed by atoms with Crippen molar-refractivity contribution >= 4 is 46.6 Å². The Morgan fingerprint density at radius 3 is 2.57 bits per heavy atom. The Kier molecular flexibility index (Phi) is 15.0. The Balaban J connectivity index is 0.849. The molecule has 69 heavy (non-hydrogen) atoms. The third-order valence-corrected chi connectivity index (χ3v) is 15.9. The smallest absolute Gasteiger partial charge is 0.329 e. The Morgan fingerprint density at radius 2 is 1.77 bits per heavy atom. The molecule has 1 aliphatic heterocycles. The molecule has 2 N–H and O–H groups in total. The van der Waals surface area contributed by atoms with Crippen LogP contribution in [0.3, 0.4) is 0 Å². The number of aryl methyl sites for hydroxylation is 1. The minimum atomic E-state index is -1.12. The predicted molar refractivity (Wildman–Crippen MR) is 273 cm³/mol.